The lowest BCUT2D eigenvalue weighted by Crippen LogP contribution is -2.12. The molecule has 0 saturated heterocycles. The summed E-state index contributed by atoms with van der Waals surface area (Å²) in [4.78, 5) is 12.3. The first kappa shape index (κ1) is 16.7. The van der Waals surface area contributed by atoms with Crippen LogP contribution in [0.5, 0.6) is 5.75 Å². The standard InChI is InChI=1S/C17H17Cl2NO2/c1-2-3-9-22-14-6-4-5-12(10-14)17(21)20-16-8-7-13(18)11-15(16)19/h4-8,10-11H,2-3,9H2,1H3,(H,20,21). The van der Waals surface area contributed by atoms with Crippen molar-refractivity contribution in [2.45, 2.75) is 19.8 Å². The molecule has 1 N–H and O–H groups in total. The van der Waals surface area contributed by atoms with Gasteiger partial charge in [0.2, 0.25) is 0 Å². The number of anilines is 1. The molecule has 116 valence electrons. The number of hydrogen-bond donors (Lipinski definition) is 1. The summed E-state index contributed by atoms with van der Waals surface area (Å²) in [6, 6.07) is 12.0. The third kappa shape index (κ3) is 4.65. The highest BCUT2D eigenvalue weighted by atomic mass is 35.5. The molecule has 2 aromatic carbocycles. The van der Waals surface area contributed by atoms with Crippen LogP contribution in [0.1, 0.15) is 30.1 Å². The number of amides is 1. The Bertz CT molecular complexity index is 659. The molecule has 0 fully saturated rings. The SMILES string of the molecule is CCCCOc1cccc(C(=O)Nc2ccc(Cl)cc2Cl)c1. The molecule has 0 radical (unpaired) electrons. The number of unbranched alkanes of at least 4 members (excludes halogenated alkanes) is 1. The van der Waals surface area contributed by atoms with Crippen molar-refractivity contribution in [3.63, 3.8) is 0 Å². The Hall–Kier alpha value is -1.71. The van der Waals surface area contributed by atoms with Gasteiger partial charge in [-0.2, -0.15) is 0 Å². The highest BCUT2D eigenvalue weighted by Gasteiger charge is 2.10. The molecular formula is C17H17Cl2NO2. The average molecular weight is 338 g/mol. The second kappa shape index (κ2) is 8.06. The number of rotatable bonds is 6. The van der Waals surface area contributed by atoms with E-state index in [2.05, 4.69) is 12.2 Å². The number of carbonyl (C=O) groups excluding carboxylic acids is 1. The summed E-state index contributed by atoms with van der Waals surface area (Å²) in [6.07, 6.45) is 2.05. The van der Waals surface area contributed by atoms with Gasteiger partial charge in [0, 0.05) is 10.6 Å². The van der Waals surface area contributed by atoms with Crippen LogP contribution in [0.25, 0.3) is 0 Å². The lowest BCUT2D eigenvalue weighted by atomic mass is 10.2. The van der Waals surface area contributed by atoms with Crippen LogP contribution >= 0.6 is 23.2 Å². The summed E-state index contributed by atoms with van der Waals surface area (Å²) < 4.78 is 5.60. The quantitative estimate of drug-likeness (QED) is 0.714. The fourth-order valence-corrected chi connectivity index (χ4v) is 2.30. The van der Waals surface area contributed by atoms with Crippen LogP contribution < -0.4 is 10.1 Å². The van der Waals surface area contributed by atoms with Gasteiger partial charge in [0.25, 0.3) is 5.91 Å². The topological polar surface area (TPSA) is 38.3 Å². The van der Waals surface area contributed by atoms with Gasteiger partial charge in [-0.05, 0) is 42.8 Å². The van der Waals surface area contributed by atoms with Gasteiger partial charge in [-0.1, -0.05) is 42.6 Å². The Labute approximate surface area is 140 Å². The Morgan fingerprint density at radius 2 is 2.00 bits per heavy atom. The van der Waals surface area contributed by atoms with E-state index in [0.29, 0.717) is 33.7 Å². The van der Waals surface area contributed by atoms with Crippen molar-refractivity contribution in [2.75, 3.05) is 11.9 Å². The largest absolute Gasteiger partial charge is 0.494 e. The van der Waals surface area contributed by atoms with Gasteiger partial charge < -0.3 is 10.1 Å². The third-order valence-corrected chi connectivity index (χ3v) is 3.59. The molecule has 0 atom stereocenters. The third-order valence-electron chi connectivity index (χ3n) is 3.04. The Balaban J connectivity index is 2.07. The summed E-state index contributed by atoms with van der Waals surface area (Å²) in [7, 11) is 0. The lowest BCUT2D eigenvalue weighted by molar-refractivity contribution is 0.102. The molecule has 0 spiro atoms. The van der Waals surface area contributed by atoms with Crippen LogP contribution in [-0.4, -0.2) is 12.5 Å². The van der Waals surface area contributed by atoms with Crippen molar-refractivity contribution in [3.05, 3.63) is 58.1 Å². The predicted molar refractivity (Wildman–Crippen MR) is 91.3 cm³/mol. The molecule has 0 bridgehead atoms. The first-order valence-corrected chi connectivity index (χ1v) is 7.85. The molecule has 1 amide bonds. The molecular weight excluding hydrogens is 321 g/mol. The second-order valence-corrected chi connectivity index (χ2v) is 5.65. The van der Waals surface area contributed by atoms with Crippen LogP contribution in [-0.2, 0) is 0 Å². The van der Waals surface area contributed by atoms with Crippen molar-refractivity contribution in [2.24, 2.45) is 0 Å². The van der Waals surface area contributed by atoms with Gasteiger partial charge in [-0.25, -0.2) is 0 Å². The molecule has 22 heavy (non-hydrogen) atoms. The Morgan fingerprint density at radius 1 is 1.18 bits per heavy atom. The van der Waals surface area contributed by atoms with Gasteiger partial charge in [0.15, 0.2) is 0 Å². The zero-order valence-electron chi connectivity index (χ0n) is 12.2. The highest BCUT2D eigenvalue weighted by molar-refractivity contribution is 6.36. The first-order valence-electron chi connectivity index (χ1n) is 7.09. The summed E-state index contributed by atoms with van der Waals surface area (Å²) in [5.74, 6) is 0.438. The first-order chi connectivity index (χ1) is 10.6. The smallest absolute Gasteiger partial charge is 0.255 e. The van der Waals surface area contributed by atoms with Crippen LogP contribution in [0.4, 0.5) is 5.69 Å². The number of halogens is 2. The van der Waals surface area contributed by atoms with Crippen LogP contribution in [0.15, 0.2) is 42.5 Å². The van der Waals surface area contributed by atoms with Crippen LogP contribution in [0.2, 0.25) is 10.0 Å². The summed E-state index contributed by atoms with van der Waals surface area (Å²) >= 11 is 11.9. The van der Waals surface area contributed by atoms with Crippen molar-refractivity contribution in [3.8, 4) is 5.75 Å². The normalized spacial score (nSPS) is 10.3. The summed E-state index contributed by atoms with van der Waals surface area (Å²) in [5.41, 5.74) is 1.04. The molecule has 0 heterocycles. The molecule has 2 aromatic rings. The van der Waals surface area contributed by atoms with E-state index < -0.39 is 0 Å². The molecule has 0 aliphatic carbocycles. The van der Waals surface area contributed by atoms with Crippen molar-refractivity contribution < 1.29 is 9.53 Å². The Morgan fingerprint density at radius 3 is 2.73 bits per heavy atom. The van der Waals surface area contributed by atoms with Crippen LogP contribution in [0, 0.1) is 0 Å². The van der Waals surface area contributed by atoms with Crippen molar-refractivity contribution in [1.82, 2.24) is 0 Å². The van der Waals surface area contributed by atoms with Gasteiger partial charge in [-0.3, -0.25) is 4.79 Å². The molecule has 5 heteroatoms. The van der Waals surface area contributed by atoms with E-state index >= 15 is 0 Å². The maximum absolute atomic E-state index is 12.3. The monoisotopic (exact) mass is 337 g/mol. The molecule has 3 nitrogen and oxygen atoms in total. The van der Waals surface area contributed by atoms with E-state index in [0.717, 1.165) is 12.8 Å². The highest BCUT2D eigenvalue weighted by Crippen LogP contribution is 2.26. The van der Waals surface area contributed by atoms with Gasteiger partial charge in [-0.15, -0.1) is 0 Å². The fourth-order valence-electron chi connectivity index (χ4n) is 1.85. The van der Waals surface area contributed by atoms with E-state index in [1.165, 1.54) is 0 Å². The molecule has 0 aromatic heterocycles. The van der Waals surface area contributed by atoms with Gasteiger partial charge in [0.05, 0.1) is 17.3 Å². The fraction of sp³-hybridized carbons (Fsp3) is 0.235. The van der Waals surface area contributed by atoms with Crippen LogP contribution in [0.3, 0.4) is 0 Å². The van der Waals surface area contributed by atoms with Gasteiger partial charge in [0.1, 0.15) is 5.75 Å². The summed E-state index contributed by atoms with van der Waals surface area (Å²) in [5, 5.41) is 3.68. The number of hydrogen-bond acceptors (Lipinski definition) is 2. The zero-order chi connectivity index (χ0) is 15.9. The summed E-state index contributed by atoms with van der Waals surface area (Å²) in [6.45, 7) is 2.74. The number of carbonyl (C=O) groups is 1. The molecule has 0 saturated carbocycles. The Kier molecular flexibility index (Phi) is 6.10. The van der Waals surface area contributed by atoms with E-state index in [1.54, 1.807) is 36.4 Å². The molecule has 0 aliphatic rings. The minimum absolute atomic E-state index is 0.245. The number of benzene rings is 2. The second-order valence-electron chi connectivity index (χ2n) is 4.81. The molecule has 0 aliphatic heterocycles. The van der Waals surface area contributed by atoms with E-state index in [4.69, 9.17) is 27.9 Å². The van der Waals surface area contributed by atoms with Gasteiger partial charge >= 0.3 is 0 Å². The zero-order valence-corrected chi connectivity index (χ0v) is 13.7. The van der Waals surface area contributed by atoms with E-state index in [9.17, 15) is 4.79 Å². The number of nitrogens with one attached hydrogen (secondary N) is 1. The minimum Gasteiger partial charge on any atom is -0.494 e. The predicted octanol–water partition coefficient (Wildman–Crippen LogP) is 5.42. The maximum atomic E-state index is 12.3. The average Bonchev–Trinajstić information content (AvgIpc) is 2.50. The number of ether oxygens (including phenoxy) is 1. The van der Waals surface area contributed by atoms with Crippen molar-refractivity contribution in [1.29, 1.82) is 0 Å². The van der Waals surface area contributed by atoms with E-state index in [1.807, 2.05) is 6.07 Å². The lowest BCUT2D eigenvalue weighted by Gasteiger charge is -2.09. The minimum atomic E-state index is -0.245. The molecule has 0 unspecified atom stereocenters. The van der Waals surface area contributed by atoms with E-state index in [-0.39, 0.29) is 5.91 Å². The van der Waals surface area contributed by atoms with Crippen molar-refractivity contribution >= 4 is 34.8 Å². The molecule has 2 rings (SSSR count). The maximum Gasteiger partial charge on any atom is 0.255 e.